The van der Waals surface area contributed by atoms with Gasteiger partial charge in [-0.2, -0.15) is 11.8 Å². The van der Waals surface area contributed by atoms with Gasteiger partial charge in [-0.1, -0.05) is 33.6 Å². The normalized spacial score (nSPS) is 11.1. The Labute approximate surface area is 120 Å². The first kappa shape index (κ1) is 16.0. The quantitative estimate of drug-likeness (QED) is 0.651. The van der Waals surface area contributed by atoms with Gasteiger partial charge in [0.15, 0.2) is 0 Å². The smallest absolute Gasteiger partial charge is 0.103 e. The third-order valence-electron chi connectivity index (χ3n) is 2.73. The SMILES string of the molecule is CCCCNCc1sc(CSCC)nc1CCC. The van der Waals surface area contributed by atoms with Crippen molar-refractivity contribution < 1.29 is 0 Å². The van der Waals surface area contributed by atoms with E-state index in [1.54, 1.807) is 0 Å². The molecule has 0 aliphatic heterocycles. The van der Waals surface area contributed by atoms with Gasteiger partial charge in [0.25, 0.3) is 0 Å². The van der Waals surface area contributed by atoms with Gasteiger partial charge in [-0.3, -0.25) is 0 Å². The number of nitrogens with one attached hydrogen (secondary N) is 1. The molecule has 0 spiro atoms. The first-order chi connectivity index (χ1) is 8.81. The molecule has 1 heterocycles. The van der Waals surface area contributed by atoms with E-state index in [-0.39, 0.29) is 0 Å². The summed E-state index contributed by atoms with van der Waals surface area (Å²) >= 11 is 3.86. The lowest BCUT2D eigenvalue weighted by Gasteiger charge is -2.03. The van der Waals surface area contributed by atoms with Crippen molar-refractivity contribution in [3.8, 4) is 0 Å². The molecule has 0 aromatic carbocycles. The summed E-state index contributed by atoms with van der Waals surface area (Å²) in [7, 11) is 0. The molecular formula is C14H26N2S2. The molecule has 0 unspecified atom stereocenters. The molecule has 0 saturated carbocycles. The summed E-state index contributed by atoms with van der Waals surface area (Å²) in [5, 5.41) is 4.84. The lowest BCUT2D eigenvalue weighted by molar-refractivity contribution is 0.641. The summed E-state index contributed by atoms with van der Waals surface area (Å²) in [6.45, 7) is 8.80. The van der Waals surface area contributed by atoms with E-state index in [0.29, 0.717) is 0 Å². The predicted molar refractivity (Wildman–Crippen MR) is 84.6 cm³/mol. The van der Waals surface area contributed by atoms with Gasteiger partial charge in [-0.25, -0.2) is 4.98 Å². The Balaban J connectivity index is 2.53. The number of aryl methyl sites for hydroxylation is 1. The number of hydrogen-bond acceptors (Lipinski definition) is 4. The van der Waals surface area contributed by atoms with Crippen LogP contribution in [-0.4, -0.2) is 17.3 Å². The Morgan fingerprint density at radius 2 is 2.06 bits per heavy atom. The molecule has 0 saturated heterocycles. The molecule has 18 heavy (non-hydrogen) atoms. The second-order valence-corrected chi connectivity index (χ2v) is 6.84. The van der Waals surface area contributed by atoms with Gasteiger partial charge >= 0.3 is 0 Å². The van der Waals surface area contributed by atoms with E-state index in [2.05, 4.69) is 26.1 Å². The summed E-state index contributed by atoms with van der Waals surface area (Å²) in [5.41, 5.74) is 1.33. The number of rotatable bonds is 10. The number of nitrogens with zero attached hydrogens (tertiary/aromatic N) is 1. The number of aromatic nitrogens is 1. The maximum atomic E-state index is 4.79. The standard InChI is InChI=1S/C14H26N2S2/c1-4-7-9-15-10-13-12(8-5-2)16-14(18-13)11-17-6-3/h15H,4-11H2,1-3H3. The van der Waals surface area contributed by atoms with Crippen molar-refractivity contribution in [2.45, 2.75) is 58.8 Å². The first-order valence-corrected chi connectivity index (χ1v) is 9.04. The van der Waals surface area contributed by atoms with Gasteiger partial charge in [0.2, 0.25) is 0 Å². The van der Waals surface area contributed by atoms with Crippen LogP contribution in [0.2, 0.25) is 0 Å². The van der Waals surface area contributed by atoms with E-state index < -0.39 is 0 Å². The van der Waals surface area contributed by atoms with E-state index in [1.165, 1.54) is 40.6 Å². The summed E-state index contributed by atoms with van der Waals surface area (Å²) in [5.74, 6) is 2.25. The van der Waals surface area contributed by atoms with Crippen LogP contribution >= 0.6 is 23.1 Å². The summed E-state index contributed by atoms with van der Waals surface area (Å²) in [6, 6.07) is 0. The number of thioether (sulfide) groups is 1. The number of unbranched alkanes of at least 4 members (excludes halogenated alkanes) is 1. The maximum absolute atomic E-state index is 4.79. The minimum atomic E-state index is 1.00. The fourth-order valence-corrected chi connectivity index (χ4v) is 3.57. The number of thiazole rings is 1. The first-order valence-electron chi connectivity index (χ1n) is 7.07. The van der Waals surface area contributed by atoms with Crippen LogP contribution in [0, 0.1) is 0 Å². The Bertz CT molecular complexity index is 324. The van der Waals surface area contributed by atoms with Crippen molar-refractivity contribution in [2.24, 2.45) is 0 Å². The maximum Gasteiger partial charge on any atom is 0.103 e. The Morgan fingerprint density at radius 1 is 1.22 bits per heavy atom. The van der Waals surface area contributed by atoms with Gasteiger partial charge in [0, 0.05) is 17.2 Å². The van der Waals surface area contributed by atoms with Crippen LogP contribution < -0.4 is 5.32 Å². The van der Waals surface area contributed by atoms with Crippen LogP contribution in [-0.2, 0) is 18.7 Å². The van der Waals surface area contributed by atoms with E-state index in [1.807, 2.05) is 23.1 Å². The molecule has 104 valence electrons. The minimum Gasteiger partial charge on any atom is -0.312 e. The highest BCUT2D eigenvalue weighted by Crippen LogP contribution is 2.23. The van der Waals surface area contributed by atoms with Gasteiger partial charge in [-0.15, -0.1) is 11.3 Å². The zero-order valence-electron chi connectivity index (χ0n) is 11.9. The van der Waals surface area contributed by atoms with Crippen molar-refractivity contribution in [3.05, 3.63) is 15.6 Å². The zero-order chi connectivity index (χ0) is 13.2. The second kappa shape index (κ2) is 9.82. The molecule has 0 atom stereocenters. The van der Waals surface area contributed by atoms with Crippen LogP contribution in [0.15, 0.2) is 0 Å². The second-order valence-electron chi connectivity index (χ2n) is 4.39. The van der Waals surface area contributed by atoms with E-state index in [4.69, 9.17) is 4.98 Å². The van der Waals surface area contributed by atoms with Crippen LogP contribution in [0.4, 0.5) is 0 Å². The molecule has 2 nitrogen and oxygen atoms in total. The third kappa shape index (κ3) is 5.72. The van der Waals surface area contributed by atoms with E-state index >= 15 is 0 Å². The van der Waals surface area contributed by atoms with Crippen LogP contribution in [0.3, 0.4) is 0 Å². The van der Waals surface area contributed by atoms with Crippen molar-refractivity contribution >= 4 is 23.1 Å². The van der Waals surface area contributed by atoms with Gasteiger partial charge in [0.05, 0.1) is 5.69 Å². The third-order valence-corrected chi connectivity index (χ3v) is 4.90. The molecule has 1 N–H and O–H groups in total. The fraction of sp³-hybridized carbons (Fsp3) is 0.786. The van der Waals surface area contributed by atoms with Crippen molar-refractivity contribution in [1.82, 2.24) is 10.3 Å². The summed E-state index contributed by atoms with van der Waals surface area (Å²) in [4.78, 5) is 6.25. The molecule has 0 bridgehead atoms. The van der Waals surface area contributed by atoms with E-state index in [9.17, 15) is 0 Å². The molecule has 0 aliphatic carbocycles. The Morgan fingerprint density at radius 3 is 2.72 bits per heavy atom. The fourth-order valence-electron chi connectivity index (χ4n) is 1.76. The average Bonchev–Trinajstić information content (AvgIpc) is 2.75. The lowest BCUT2D eigenvalue weighted by atomic mass is 10.2. The Kier molecular flexibility index (Phi) is 8.72. The summed E-state index contributed by atoms with van der Waals surface area (Å²) < 4.78 is 0. The van der Waals surface area contributed by atoms with Crippen LogP contribution in [0.5, 0.6) is 0 Å². The van der Waals surface area contributed by atoms with Crippen molar-refractivity contribution in [2.75, 3.05) is 12.3 Å². The molecular weight excluding hydrogens is 260 g/mol. The lowest BCUT2D eigenvalue weighted by Crippen LogP contribution is -2.14. The van der Waals surface area contributed by atoms with Crippen LogP contribution in [0.1, 0.15) is 55.6 Å². The zero-order valence-corrected chi connectivity index (χ0v) is 13.6. The minimum absolute atomic E-state index is 1.00. The molecule has 0 radical (unpaired) electrons. The molecule has 0 aliphatic rings. The molecule has 1 rings (SSSR count). The largest absolute Gasteiger partial charge is 0.312 e. The summed E-state index contributed by atoms with van der Waals surface area (Å²) in [6.07, 6.45) is 4.83. The predicted octanol–water partition coefficient (Wildman–Crippen LogP) is 4.24. The highest BCUT2D eigenvalue weighted by molar-refractivity contribution is 7.98. The molecule has 0 fully saturated rings. The van der Waals surface area contributed by atoms with Gasteiger partial charge in [0.1, 0.15) is 5.01 Å². The van der Waals surface area contributed by atoms with Crippen LogP contribution in [0.25, 0.3) is 0 Å². The van der Waals surface area contributed by atoms with Crippen molar-refractivity contribution in [1.29, 1.82) is 0 Å². The average molecular weight is 287 g/mol. The van der Waals surface area contributed by atoms with Gasteiger partial charge < -0.3 is 5.32 Å². The van der Waals surface area contributed by atoms with Crippen molar-refractivity contribution in [3.63, 3.8) is 0 Å². The van der Waals surface area contributed by atoms with Gasteiger partial charge in [-0.05, 0) is 25.1 Å². The number of hydrogen-bond donors (Lipinski definition) is 1. The monoisotopic (exact) mass is 286 g/mol. The highest BCUT2D eigenvalue weighted by Gasteiger charge is 2.09. The highest BCUT2D eigenvalue weighted by atomic mass is 32.2. The molecule has 4 heteroatoms. The molecule has 1 aromatic rings. The van der Waals surface area contributed by atoms with E-state index in [0.717, 1.165) is 25.3 Å². The Hall–Kier alpha value is -0.0600. The molecule has 1 aromatic heterocycles. The topological polar surface area (TPSA) is 24.9 Å². The molecule has 0 amide bonds.